The van der Waals surface area contributed by atoms with Gasteiger partial charge in [0.25, 0.3) is 11.7 Å². The largest absolute Gasteiger partial charge is 0.507 e. The van der Waals surface area contributed by atoms with Crippen LogP contribution in [-0.4, -0.2) is 23.9 Å². The number of carbonyl (C=O) groups is 2. The first-order valence-corrected chi connectivity index (χ1v) is 10.4. The van der Waals surface area contributed by atoms with Crippen LogP contribution in [0.5, 0.6) is 5.75 Å². The van der Waals surface area contributed by atoms with Crippen LogP contribution in [0.15, 0.2) is 72.3 Å². The van der Waals surface area contributed by atoms with E-state index in [0.29, 0.717) is 11.3 Å². The summed E-state index contributed by atoms with van der Waals surface area (Å²) in [5.74, 6) is -2.98. The fourth-order valence-electron chi connectivity index (χ4n) is 4.08. The van der Waals surface area contributed by atoms with Crippen LogP contribution >= 0.6 is 0 Å². The van der Waals surface area contributed by atoms with Gasteiger partial charge in [-0.25, -0.2) is 4.39 Å². The highest BCUT2D eigenvalue weighted by Gasteiger charge is 2.48. The molecule has 1 saturated heterocycles. The summed E-state index contributed by atoms with van der Waals surface area (Å²) < 4.78 is 59.2. The van der Waals surface area contributed by atoms with Crippen molar-refractivity contribution >= 4 is 23.1 Å². The van der Waals surface area contributed by atoms with Crippen molar-refractivity contribution in [1.29, 1.82) is 0 Å². The van der Waals surface area contributed by atoms with Gasteiger partial charge in [0.15, 0.2) is 0 Å². The molecule has 1 heterocycles. The van der Waals surface area contributed by atoms with Crippen LogP contribution in [0.3, 0.4) is 0 Å². The van der Waals surface area contributed by atoms with Gasteiger partial charge in [-0.15, -0.1) is 0 Å². The van der Waals surface area contributed by atoms with Gasteiger partial charge < -0.3 is 9.84 Å². The Morgan fingerprint density at radius 1 is 1.00 bits per heavy atom. The van der Waals surface area contributed by atoms with Crippen molar-refractivity contribution in [2.45, 2.75) is 19.1 Å². The van der Waals surface area contributed by atoms with Crippen molar-refractivity contribution in [3.8, 4) is 5.75 Å². The van der Waals surface area contributed by atoms with Crippen LogP contribution in [-0.2, 0) is 15.8 Å². The Balaban J connectivity index is 1.92. The third kappa shape index (κ3) is 4.25. The lowest BCUT2D eigenvalue weighted by molar-refractivity contribution is -0.137. The molecule has 0 aliphatic carbocycles. The molecule has 1 amide bonds. The molecule has 0 aromatic heterocycles. The molecule has 3 aromatic carbocycles. The number of rotatable bonds is 4. The molecule has 1 aliphatic rings. The van der Waals surface area contributed by atoms with Crippen LogP contribution in [0.1, 0.15) is 28.3 Å². The maximum absolute atomic E-state index is 14.9. The van der Waals surface area contributed by atoms with E-state index >= 15 is 0 Å². The number of carbonyl (C=O) groups excluding carboxylic acids is 2. The van der Waals surface area contributed by atoms with E-state index in [1.807, 2.05) is 0 Å². The number of alkyl halides is 3. The summed E-state index contributed by atoms with van der Waals surface area (Å²) in [5, 5.41) is 11.1. The van der Waals surface area contributed by atoms with Crippen LogP contribution < -0.4 is 9.64 Å². The van der Waals surface area contributed by atoms with E-state index in [9.17, 15) is 32.3 Å². The molecule has 0 saturated carbocycles. The molecule has 1 unspecified atom stereocenters. The molecule has 9 heteroatoms. The Bertz CT molecular complexity index is 1350. The number of nitrogens with zero attached hydrogens (tertiary/aromatic N) is 1. The molecule has 180 valence electrons. The van der Waals surface area contributed by atoms with Crippen LogP contribution in [0, 0.1) is 12.7 Å². The van der Waals surface area contributed by atoms with E-state index in [1.165, 1.54) is 37.4 Å². The summed E-state index contributed by atoms with van der Waals surface area (Å²) in [4.78, 5) is 27.1. The molecule has 1 fully saturated rings. The van der Waals surface area contributed by atoms with Gasteiger partial charge in [-0.1, -0.05) is 18.2 Å². The van der Waals surface area contributed by atoms with Crippen molar-refractivity contribution in [2.24, 2.45) is 0 Å². The number of methoxy groups -OCH3 is 1. The number of aryl methyl sites for hydroxylation is 1. The number of hydrogen-bond donors (Lipinski definition) is 1. The summed E-state index contributed by atoms with van der Waals surface area (Å²) >= 11 is 0. The zero-order chi connectivity index (χ0) is 25.5. The van der Waals surface area contributed by atoms with Crippen LogP contribution in [0.25, 0.3) is 5.76 Å². The van der Waals surface area contributed by atoms with Gasteiger partial charge in [-0.2, -0.15) is 13.2 Å². The molecule has 1 atom stereocenters. The molecule has 1 aliphatic heterocycles. The summed E-state index contributed by atoms with van der Waals surface area (Å²) in [7, 11) is 1.47. The second-order valence-corrected chi connectivity index (χ2v) is 7.92. The molecular formula is C26H19F4NO4. The number of ketones is 1. The SMILES string of the molecule is COc1ccc(/C(O)=C2\C(=O)C(=O)N(c3ccc(C(F)(F)F)cc3)C2c2ccccc2F)cc1C. The Labute approximate surface area is 197 Å². The predicted octanol–water partition coefficient (Wildman–Crippen LogP) is 5.79. The maximum Gasteiger partial charge on any atom is 0.416 e. The first kappa shape index (κ1) is 24.0. The molecule has 3 aromatic rings. The Hall–Kier alpha value is -4.14. The second-order valence-electron chi connectivity index (χ2n) is 7.92. The average Bonchev–Trinajstić information content (AvgIpc) is 3.08. The van der Waals surface area contributed by atoms with Crippen LogP contribution in [0.2, 0.25) is 0 Å². The monoisotopic (exact) mass is 485 g/mol. The minimum atomic E-state index is -4.61. The van der Waals surface area contributed by atoms with Gasteiger partial charge in [0.1, 0.15) is 17.3 Å². The highest BCUT2D eigenvalue weighted by molar-refractivity contribution is 6.51. The number of amides is 1. The number of anilines is 1. The quantitative estimate of drug-likeness (QED) is 0.220. The molecule has 0 spiro atoms. The number of aliphatic hydroxyl groups is 1. The third-order valence-corrected chi connectivity index (χ3v) is 5.79. The summed E-state index contributed by atoms with van der Waals surface area (Å²) in [5.41, 5.74) is -0.665. The number of hydrogen-bond acceptors (Lipinski definition) is 4. The zero-order valence-corrected chi connectivity index (χ0v) is 18.6. The normalized spacial score (nSPS) is 17.7. The Morgan fingerprint density at radius 2 is 1.66 bits per heavy atom. The summed E-state index contributed by atoms with van der Waals surface area (Å²) in [6, 6.07) is 12.1. The standard InChI is InChI=1S/C26H19F4NO4/c1-14-13-15(7-12-20(14)35-2)23(32)21-22(18-5-3-4-6-19(18)27)31(25(34)24(21)33)17-10-8-16(9-11-17)26(28,29)30/h3-13,22,32H,1-2H3/b23-21+. The molecule has 35 heavy (non-hydrogen) atoms. The molecule has 0 bridgehead atoms. The zero-order valence-electron chi connectivity index (χ0n) is 18.6. The average molecular weight is 485 g/mol. The summed E-state index contributed by atoms with van der Waals surface area (Å²) in [6.45, 7) is 1.71. The first-order chi connectivity index (χ1) is 16.5. The first-order valence-electron chi connectivity index (χ1n) is 10.4. The van der Waals surface area contributed by atoms with E-state index in [2.05, 4.69) is 0 Å². The van der Waals surface area contributed by atoms with Gasteiger partial charge in [0.05, 0.1) is 24.3 Å². The van der Waals surface area contributed by atoms with Gasteiger partial charge in [0.2, 0.25) is 0 Å². The Morgan fingerprint density at radius 3 is 2.23 bits per heavy atom. The second kappa shape index (κ2) is 8.90. The fraction of sp³-hybridized carbons (Fsp3) is 0.154. The van der Waals surface area contributed by atoms with Crippen molar-refractivity contribution in [2.75, 3.05) is 12.0 Å². The lowest BCUT2D eigenvalue weighted by Gasteiger charge is -2.26. The van der Waals surface area contributed by atoms with Crippen molar-refractivity contribution in [1.82, 2.24) is 0 Å². The van der Waals surface area contributed by atoms with Crippen LogP contribution in [0.4, 0.5) is 23.2 Å². The number of Topliss-reactive ketones (excluding diaryl/α,β-unsaturated/α-hetero) is 1. The molecule has 5 nitrogen and oxygen atoms in total. The van der Waals surface area contributed by atoms with E-state index in [1.54, 1.807) is 13.0 Å². The minimum absolute atomic E-state index is 0.0571. The molecule has 4 rings (SSSR count). The predicted molar refractivity (Wildman–Crippen MR) is 120 cm³/mol. The minimum Gasteiger partial charge on any atom is -0.507 e. The number of benzene rings is 3. The highest BCUT2D eigenvalue weighted by atomic mass is 19.4. The topological polar surface area (TPSA) is 66.8 Å². The number of ether oxygens (including phenoxy) is 1. The molecular weight excluding hydrogens is 466 g/mol. The van der Waals surface area contributed by atoms with Crippen molar-refractivity contribution in [3.05, 3.63) is 100 Å². The number of halogens is 4. The van der Waals surface area contributed by atoms with Gasteiger partial charge in [-0.3, -0.25) is 14.5 Å². The highest BCUT2D eigenvalue weighted by Crippen LogP contribution is 2.43. The summed E-state index contributed by atoms with van der Waals surface area (Å²) in [6.07, 6.45) is -4.61. The third-order valence-electron chi connectivity index (χ3n) is 5.79. The van der Waals surface area contributed by atoms with Gasteiger partial charge >= 0.3 is 6.18 Å². The van der Waals surface area contributed by atoms with Crippen molar-refractivity contribution < 1.29 is 37.0 Å². The van der Waals surface area contributed by atoms with E-state index in [-0.39, 0.29) is 22.4 Å². The van der Waals surface area contributed by atoms with Gasteiger partial charge in [0, 0.05) is 16.8 Å². The lowest BCUT2D eigenvalue weighted by atomic mass is 9.94. The maximum atomic E-state index is 14.9. The molecule has 1 N–H and O–H groups in total. The van der Waals surface area contributed by atoms with E-state index in [0.717, 1.165) is 35.2 Å². The molecule has 0 radical (unpaired) electrons. The Kier molecular flexibility index (Phi) is 6.10. The fourth-order valence-corrected chi connectivity index (χ4v) is 4.08. The van der Waals surface area contributed by atoms with Crippen molar-refractivity contribution in [3.63, 3.8) is 0 Å². The van der Waals surface area contributed by atoms with E-state index < -0.39 is 41.0 Å². The van der Waals surface area contributed by atoms with E-state index in [4.69, 9.17) is 4.74 Å². The van der Waals surface area contributed by atoms with Gasteiger partial charge in [-0.05, 0) is 61.0 Å². The number of aliphatic hydroxyl groups excluding tert-OH is 1. The smallest absolute Gasteiger partial charge is 0.416 e. The lowest BCUT2D eigenvalue weighted by Crippen LogP contribution is -2.30.